The fourth-order valence-electron chi connectivity index (χ4n) is 8.46. The van der Waals surface area contributed by atoms with Crippen molar-refractivity contribution < 1.29 is 31.6 Å². The van der Waals surface area contributed by atoms with Crippen molar-refractivity contribution in [3.63, 3.8) is 0 Å². The monoisotopic (exact) mass is 740 g/mol. The number of benzene rings is 4. The lowest BCUT2D eigenvalue weighted by molar-refractivity contribution is 0.0193. The molecule has 1 atom stereocenters. The van der Waals surface area contributed by atoms with E-state index < -0.39 is 6.56 Å². The summed E-state index contributed by atoms with van der Waals surface area (Å²) in [6.45, 7) is 2.82. The average molecular weight is 741 g/mol. The van der Waals surface area contributed by atoms with E-state index in [0.29, 0.717) is 85.2 Å². The number of phenolic OH excluding ortho intramolecular Hbond substituents is 1. The Labute approximate surface area is 324 Å². The predicted octanol–water partition coefficient (Wildman–Crippen LogP) is 7.24. The molecule has 55 heavy (non-hydrogen) atoms. The first-order chi connectivity index (χ1) is 27.7. The molecular formula is C45H46N4O6. The Morgan fingerprint density at radius 3 is 2.35 bits per heavy atom. The summed E-state index contributed by atoms with van der Waals surface area (Å²) in [5.41, 5.74) is 6.67. The number of aromatic hydroxyl groups is 1. The highest BCUT2D eigenvalue weighted by Crippen LogP contribution is 2.42. The summed E-state index contributed by atoms with van der Waals surface area (Å²) in [4.78, 5) is 36.4. The highest BCUT2D eigenvalue weighted by Gasteiger charge is 2.36. The second-order valence-electron chi connectivity index (χ2n) is 14.7. The van der Waals surface area contributed by atoms with Crippen LogP contribution in [0.15, 0.2) is 97.1 Å². The van der Waals surface area contributed by atoms with E-state index in [2.05, 4.69) is 27.7 Å². The molecule has 0 saturated carbocycles. The number of anilines is 2. The summed E-state index contributed by atoms with van der Waals surface area (Å²) < 4.78 is 36.9. The Kier molecular flexibility index (Phi) is 9.12. The minimum Gasteiger partial charge on any atom is -0.508 e. The van der Waals surface area contributed by atoms with E-state index in [1.165, 1.54) is 5.56 Å². The minimum absolute atomic E-state index is 0.0244. The quantitative estimate of drug-likeness (QED) is 0.188. The van der Waals surface area contributed by atoms with Crippen LogP contribution in [0.2, 0.25) is 0 Å². The molecule has 1 N–H and O–H groups in total. The highest BCUT2D eigenvalue weighted by atomic mass is 16.5. The number of carbonyl (C=O) groups excluding carboxylic acids is 2. The molecular weight excluding hydrogens is 693 g/mol. The smallest absolute Gasteiger partial charge is 0.264 e. The van der Waals surface area contributed by atoms with Gasteiger partial charge < -0.3 is 28.8 Å². The Morgan fingerprint density at radius 2 is 1.53 bits per heavy atom. The average Bonchev–Trinajstić information content (AvgIpc) is 3.54. The van der Waals surface area contributed by atoms with Crippen LogP contribution in [0.5, 0.6) is 17.2 Å². The van der Waals surface area contributed by atoms with Crippen molar-refractivity contribution in [1.82, 2.24) is 14.4 Å². The summed E-state index contributed by atoms with van der Waals surface area (Å²) in [6.07, 6.45) is 3.20. The van der Waals surface area contributed by atoms with Crippen LogP contribution >= 0.6 is 0 Å². The Morgan fingerprint density at radius 1 is 0.782 bits per heavy atom. The zero-order valence-corrected chi connectivity index (χ0v) is 30.8. The topological polar surface area (TPSA) is 96.7 Å². The van der Waals surface area contributed by atoms with Gasteiger partial charge in [-0.15, -0.1) is 0 Å². The van der Waals surface area contributed by atoms with Crippen LogP contribution in [0.4, 0.5) is 11.4 Å². The van der Waals surface area contributed by atoms with Crippen LogP contribution in [0.25, 0.3) is 11.3 Å². The molecule has 2 amide bonds. The number of morpholine rings is 1. The van der Waals surface area contributed by atoms with Crippen molar-refractivity contribution in [2.45, 2.75) is 51.2 Å². The molecule has 1 saturated heterocycles. The molecule has 0 radical (unpaired) electrons. The first-order valence-corrected chi connectivity index (χ1v) is 19.3. The van der Waals surface area contributed by atoms with Gasteiger partial charge in [0.1, 0.15) is 5.75 Å². The molecule has 1 aromatic heterocycles. The molecule has 5 heterocycles. The molecule has 4 aliphatic rings. The SMILES string of the molecule is [2H]C1([2H])CCOc2cc(C(=O)N3Cc4ccccc4C[C@H]3CN3CCOCC3)c(-c3cc(C(=O)N(c4ccccc4)c4ccc(O)cc4)c4n3CCCC4)cc2O1. The van der Waals surface area contributed by atoms with Crippen LogP contribution in [0.3, 0.4) is 0 Å². The normalized spacial score (nSPS) is 19.6. The third kappa shape index (κ3) is 6.96. The van der Waals surface area contributed by atoms with Crippen molar-refractivity contribution in [2.75, 3.05) is 50.9 Å². The lowest BCUT2D eigenvalue weighted by Gasteiger charge is -2.40. The Bertz CT molecular complexity index is 2290. The Hall–Kier alpha value is -5.58. The van der Waals surface area contributed by atoms with Gasteiger partial charge in [0.05, 0.1) is 40.2 Å². The maximum Gasteiger partial charge on any atom is 0.264 e. The standard InChI is InChI=1S/C45H46N4O6/c50-36-16-14-34(15-17-36)49(33-11-2-1-3-12-33)45(52)39-26-41(47-18-7-6-13-40(39)47)37-27-42-43(55-22-8-21-54-42)28-38(37)44(51)48-29-32-10-5-4-9-31(32)25-35(48)30-46-19-23-53-24-20-46/h1-5,9-12,14-17,26-28,35,50H,6-8,13,18-25,29-30H2/t35-/m0/s1/i21D2. The molecule has 282 valence electrons. The summed E-state index contributed by atoms with van der Waals surface area (Å²) in [6, 6.07) is 29.6. The van der Waals surface area contributed by atoms with Gasteiger partial charge >= 0.3 is 0 Å². The van der Waals surface area contributed by atoms with Crippen LogP contribution < -0.4 is 14.4 Å². The van der Waals surface area contributed by atoms with Crippen LogP contribution in [-0.2, 0) is 30.7 Å². The lowest BCUT2D eigenvalue weighted by Crippen LogP contribution is -2.52. The van der Waals surface area contributed by atoms with Gasteiger partial charge in [-0.05, 0) is 91.4 Å². The first-order valence-electron chi connectivity index (χ1n) is 20.3. The van der Waals surface area contributed by atoms with Crippen LogP contribution in [0, 0.1) is 0 Å². The molecule has 0 spiro atoms. The van der Waals surface area contributed by atoms with Crippen LogP contribution in [-0.4, -0.2) is 83.3 Å². The fraction of sp³-hybridized carbons (Fsp3) is 0.333. The molecule has 1 fully saturated rings. The van der Waals surface area contributed by atoms with E-state index in [-0.39, 0.29) is 42.4 Å². The summed E-state index contributed by atoms with van der Waals surface area (Å²) in [5.74, 6) is 0.233. The van der Waals surface area contributed by atoms with Gasteiger partial charge in [-0.3, -0.25) is 19.4 Å². The third-order valence-corrected chi connectivity index (χ3v) is 11.2. The van der Waals surface area contributed by atoms with E-state index in [1.54, 1.807) is 41.3 Å². The number of nitrogens with zero attached hydrogens (tertiary/aromatic N) is 4. The number of hydrogen-bond acceptors (Lipinski definition) is 7. The number of aromatic nitrogens is 1. The molecule has 9 rings (SSSR count). The van der Waals surface area contributed by atoms with Crippen LogP contribution in [0.1, 0.15) is 59.5 Å². The van der Waals surface area contributed by atoms with E-state index in [0.717, 1.165) is 37.2 Å². The van der Waals surface area contributed by atoms with Gasteiger partial charge in [0.25, 0.3) is 11.8 Å². The number of hydrogen-bond donors (Lipinski definition) is 1. The molecule has 10 nitrogen and oxygen atoms in total. The third-order valence-electron chi connectivity index (χ3n) is 11.2. The van der Waals surface area contributed by atoms with Gasteiger partial charge in [0, 0.05) is 73.5 Å². The van der Waals surface area contributed by atoms with Gasteiger partial charge in [-0.25, -0.2) is 0 Å². The molecule has 0 aliphatic carbocycles. The van der Waals surface area contributed by atoms with Crippen molar-refractivity contribution in [3.05, 3.63) is 125 Å². The van der Waals surface area contributed by atoms with Crippen molar-refractivity contribution in [2.24, 2.45) is 0 Å². The van der Waals surface area contributed by atoms with Crippen molar-refractivity contribution >= 4 is 23.2 Å². The van der Waals surface area contributed by atoms with E-state index in [4.69, 9.17) is 17.0 Å². The molecule has 10 heteroatoms. The van der Waals surface area contributed by atoms with Crippen molar-refractivity contribution in [3.8, 4) is 28.5 Å². The first kappa shape index (κ1) is 32.8. The maximum absolute atomic E-state index is 15.4. The van der Waals surface area contributed by atoms with Gasteiger partial charge in [0.2, 0.25) is 0 Å². The number of phenols is 1. The minimum atomic E-state index is -1.98. The Balaban J connectivity index is 1.19. The second kappa shape index (κ2) is 15.3. The maximum atomic E-state index is 15.4. The predicted molar refractivity (Wildman–Crippen MR) is 210 cm³/mol. The second-order valence-corrected chi connectivity index (χ2v) is 14.7. The fourth-order valence-corrected chi connectivity index (χ4v) is 8.46. The van der Waals surface area contributed by atoms with Crippen molar-refractivity contribution in [1.29, 1.82) is 0 Å². The summed E-state index contributed by atoms with van der Waals surface area (Å²) >= 11 is 0. The zero-order valence-electron chi connectivity index (χ0n) is 32.8. The summed E-state index contributed by atoms with van der Waals surface area (Å²) in [7, 11) is 0. The summed E-state index contributed by atoms with van der Waals surface area (Å²) in [5, 5.41) is 10.1. The molecule has 5 aromatic rings. The number of para-hydroxylation sites is 1. The lowest BCUT2D eigenvalue weighted by atomic mass is 9.92. The molecule has 0 unspecified atom stereocenters. The van der Waals surface area contributed by atoms with E-state index >= 15 is 4.79 Å². The number of amides is 2. The number of ether oxygens (including phenoxy) is 3. The number of rotatable bonds is 7. The van der Waals surface area contributed by atoms with Gasteiger partial charge in [-0.2, -0.15) is 0 Å². The van der Waals surface area contributed by atoms with E-state index in [1.807, 2.05) is 47.4 Å². The van der Waals surface area contributed by atoms with Gasteiger partial charge in [-0.1, -0.05) is 42.5 Å². The zero-order chi connectivity index (χ0) is 39.1. The molecule has 4 aromatic carbocycles. The number of carbonyl (C=O) groups is 2. The van der Waals surface area contributed by atoms with E-state index in [9.17, 15) is 9.90 Å². The molecule has 4 aliphatic heterocycles. The molecule has 0 bridgehead atoms. The highest BCUT2D eigenvalue weighted by molar-refractivity contribution is 6.12. The van der Waals surface area contributed by atoms with Gasteiger partial charge in [0.15, 0.2) is 11.5 Å². The number of fused-ring (bicyclic) bond motifs is 3. The largest absolute Gasteiger partial charge is 0.508 e.